The van der Waals surface area contributed by atoms with Gasteiger partial charge in [-0.05, 0) is 83.0 Å². The Bertz CT molecular complexity index is 1520. The van der Waals surface area contributed by atoms with Crippen LogP contribution < -0.4 is 10.1 Å². The lowest BCUT2D eigenvalue weighted by molar-refractivity contribution is -0.139. The molecular weight excluding hydrogens is 476 g/mol. The van der Waals surface area contributed by atoms with E-state index in [4.69, 9.17) is 4.74 Å². The van der Waals surface area contributed by atoms with E-state index in [1.807, 2.05) is 54.6 Å². The van der Waals surface area contributed by atoms with Gasteiger partial charge in [-0.2, -0.15) is 5.26 Å². The van der Waals surface area contributed by atoms with Crippen LogP contribution in [0, 0.1) is 18.3 Å². The Labute approximate surface area is 221 Å². The predicted octanol–water partition coefficient (Wildman–Crippen LogP) is 5.70. The number of phenols is 1. The van der Waals surface area contributed by atoms with Crippen LogP contribution >= 0.6 is 0 Å². The van der Waals surface area contributed by atoms with E-state index in [2.05, 4.69) is 36.5 Å². The van der Waals surface area contributed by atoms with Crippen LogP contribution in [0.5, 0.6) is 11.5 Å². The molecule has 6 heteroatoms. The zero-order valence-electron chi connectivity index (χ0n) is 21.0. The largest absolute Gasteiger partial charge is 0.504 e. The smallest absolute Gasteiger partial charge is 0.321 e. The normalized spacial score (nSPS) is 16.3. The van der Waals surface area contributed by atoms with Gasteiger partial charge in [0, 0.05) is 6.04 Å². The summed E-state index contributed by atoms with van der Waals surface area (Å²) < 4.78 is 6.13. The minimum atomic E-state index is -0.944. The molecule has 1 heterocycles. The molecule has 4 aromatic rings. The van der Waals surface area contributed by atoms with Gasteiger partial charge in [-0.15, -0.1) is 0 Å². The molecular formula is C32H28N2O4. The van der Waals surface area contributed by atoms with Gasteiger partial charge in [0.2, 0.25) is 0 Å². The maximum absolute atomic E-state index is 11.8. The molecule has 0 aromatic heterocycles. The van der Waals surface area contributed by atoms with Crippen molar-refractivity contribution in [2.45, 2.75) is 38.5 Å². The van der Waals surface area contributed by atoms with Crippen LogP contribution in [-0.2, 0) is 24.2 Å². The lowest BCUT2D eigenvalue weighted by Gasteiger charge is -2.32. The zero-order chi connectivity index (χ0) is 26.6. The number of aromatic hydroxyl groups is 1. The predicted molar refractivity (Wildman–Crippen MR) is 145 cm³/mol. The third-order valence-electron chi connectivity index (χ3n) is 7.13. The fourth-order valence-corrected chi connectivity index (χ4v) is 5.11. The summed E-state index contributed by atoms with van der Waals surface area (Å²) in [5.74, 6) is -0.614. The summed E-state index contributed by atoms with van der Waals surface area (Å²) in [6.07, 6.45) is 0.750. The molecule has 4 aromatic carbocycles. The first-order chi connectivity index (χ1) is 18.4. The van der Waals surface area contributed by atoms with E-state index >= 15 is 0 Å². The highest BCUT2D eigenvalue weighted by Gasteiger charge is 2.31. The van der Waals surface area contributed by atoms with E-state index < -0.39 is 12.0 Å². The molecule has 0 unspecified atom stereocenters. The molecule has 0 radical (unpaired) electrons. The average molecular weight is 505 g/mol. The average Bonchev–Trinajstić information content (AvgIpc) is 2.93. The van der Waals surface area contributed by atoms with Crippen LogP contribution in [0.4, 0.5) is 0 Å². The van der Waals surface area contributed by atoms with Crippen molar-refractivity contribution in [3.8, 4) is 28.7 Å². The van der Waals surface area contributed by atoms with Gasteiger partial charge in [0.25, 0.3) is 0 Å². The Morgan fingerprint density at radius 2 is 1.84 bits per heavy atom. The number of benzene rings is 4. The second-order valence-corrected chi connectivity index (χ2v) is 9.59. The van der Waals surface area contributed by atoms with Gasteiger partial charge in [-0.3, -0.25) is 10.1 Å². The molecule has 1 aliphatic heterocycles. The summed E-state index contributed by atoms with van der Waals surface area (Å²) in [5, 5.41) is 33.0. The number of hydrogen-bond acceptors (Lipinski definition) is 5. The molecule has 0 aliphatic carbocycles. The number of rotatable bonds is 7. The number of carbonyl (C=O) groups is 1. The van der Waals surface area contributed by atoms with Crippen molar-refractivity contribution < 1.29 is 19.7 Å². The van der Waals surface area contributed by atoms with Gasteiger partial charge in [-0.25, -0.2) is 0 Å². The lowest BCUT2D eigenvalue weighted by Crippen LogP contribution is -2.45. The number of hydrogen-bond donors (Lipinski definition) is 3. The van der Waals surface area contributed by atoms with Crippen molar-refractivity contribution >= 4 is 5.97 Å². The highest BCUT2D eigenvalue weighted by atomic mass is 16.5. The SMILES string of the molecule is Cc1c(COc2cc3c(cc2O)C[C@@H](C(=O)O)N[C@@H]3Cc2cccc(C#N)c2)cccc1-c1ccccc1. The summed E-state index contributed by atoms with van der Waals surface area (Å²) in [7, 11) is 0. The third-order valence-corrected chi connectivity index (χ3v) is 7.13. The first-order valence-corrected chi connectivity index (χ1v) is 12.5. The monoisotopic (exact) mass is 504 g/mol. The van der Waals surface area contributed by atoms with Crippen molar-refractivity contribution in [2.24, 2.45) is 0 Å². The Morgan fingerprint density at radius 1 is 1.05 bits per heavy atom. The first kappa shape index (κ1) is 25.1. The fraction of sp³-hybridized carbons (Fsp3) is 0.188. The Morgan fingerprint density at radius 3 is 2.61 bits per heavy atom. The van der Waals surface area contributed by atoms with Crippen LogP contribution in [-0.4, -0.2) is 22.2 Å². The number of nitrogens with zero attached hydrogens (tertiary/aromatic N) is 1. The van der Waals surface area contributed by atoms with Crippen LogP contribution in [0.3, 0.4) is 0 Å². The number of aliphatic carboxylic acids is 1. The molecule has 0 bridgehead atoms. The second-order valence-electron chi connectivity index (χ2n) is 9.59. The molecule has 38 heavy (non-hydrogen) atoms. The number of nitriles is 1. The molecule has 6 nitrogen and oxygen atoms in total. The summed E-state index contributed by atoms with van der Waals surface area (Å²) in [6, 6.07) is 28.1. The molecule has 0 saturated carbocycles. The number of carboxylic acid groups (broad SMARTS) is 1. The Hall–Kier alpha value is -4.60. The number of ether oxygens (including phenoxy) is 1. The highest BCUT2D eigenvalue weighted by molar-refractivity contribution is 5.75. The quantitative estimate of drug-likeness (QED) is 0.298. The van der Waals surface area contributed by atoms with Crippen LogP contribution in [0.2, 0.25) is 0 Å². The standard InChI is InChI=1S/C32H28N2O4/c1-20-24(11-6-12-26(20)23-9-3-2-4-10-23)19-38-31-17-27-25(16-30(31)35)15-29(32(36)37)34-28(27)14-21-7-5-8-22(13-21)18-33/h2-13,16-17,28-29,34-35H,14-15,19H2,1H3,(H,36,37)/t28-,29+/m1/s1. The molecule has 2 atom stereocenters. The van der Waals surface area contributed by atoms with Crippen LogP contribution in [0.25, 0.3) is 11.1 Å². The van der Waals surface area contributed by atoms with E-state index in [-0.39, 0.29) is 24.8 Å². The third kappa shape index (κ3) is 5.24. The van der Waals surface area contributed by atoms with Gasteiger partial charge in [-0.1, -0.05) is 60.7 Å². The van der Waals surface area contributed by atoms with Gasteiger partial charge in [0.15, 0.2) is 11.5 Å². The van der Waals surface area contributed by atoms with Crippen molar-refractivity contribution in [3.05, 3.63) is 118 Å². The van der Waals surface area contributed by atoms with Crippen molar-refractivity contribution in [1.29, 1.82) is 5.26 Å². The van der Waals surface area contributed by atoms with E-state index in [1.165, 1.54) is 0 Å². The van der Waals surface area contributed by atoms with Crippen molar-refractivity contribution in [3.63, 3.8) is 0 Å². The fourth-order valence-electron chi connectivity index (χ4n) is 5.11. The van der Waals surface area contributed by atoms with Gasteiger partial charge < -0.3 is 14.9 Å². The molecule has 190 valence electrons. The number of fused-ring (bicyclic) bond motifs is 1. The topological polar surface area (TPSA) is 103 Å². The van der Waals surface area contributed by atoms with Crippen LogP contribution in [0.15, 0.2) is 84.9 Å². The maximum atomic E-state index is 11.8. The van der Waals surface area contributed by atoms with E-state index in [0.29, 0.717) is 17.7 Å². The second kappa shape index (κ2) is 10.8. The van der Waals surface area contributed by atoms with Crippen molar-refractivity contribution in [2.75, 3.05) is 0 Å². The summed E-state index contributed by atoms with van der Waals surface area (Å²) >= 11 is 0. The van der Waals surface area contributed by atoms with Gasteiger partial charge >= 0.3 is 5.97 Å². The number of nitrogens with one attached hydrogen (secondary N) is 1. The molecule has 1 aliphatic rings. The van der Waals surface area contributed by atoms with E-state index in [0.717, 1.165) is 38.9 Å². The Kier molecular flexibility index (Phi) is 7.12. The maximum Gasteiger partial charge on any atom is 0.321 e. The first-order valence-electron chi connectivity index (χ1n) is 12.5. The number of carboxylic acids is 1. The molecule has 0 spiro atoms. The van der Waals surface area contributed by atoms with Gasteiger partial charge in [0.1, 0.15) is 12.6 Å². The Balaban J connectivity index is 1.43. The van der Waals surface area contributed by atoms with Crippen LogP contribution in [0.1, 0.15) is 39.4 Å². The highest BCUT2D eigenvalue weighted by Crippen LogP contribution is 2.38. The molecule has 0 saturated heterocycles. The molecule has 0 fully saturated rings. The van der Waals surface area contributed by atoms with Crippen molar-refractivity contribution in [1.82, 2.24) is 5.32 Å². The van der Waals surface area contributed by atoms with E-state index in [9.17, 15) is 20.3 Å². The molecule has 5 rings (SSSR count). The lowest BCUT2D eigenvalue weighted by atomic mass is 9.86. The van der Waals surface area contributed by atoms with Gasteiger partial charge in [0.05, 0.1) is 11.6 Å². The molecule has 0 amide bonds. The summed E-state index contributed by atoms with van der Waals surface area (Å²) in [6.45, 7) is 2.34. The zero-order valence-corrected chi connectivity index (χ0v) is 21.0. The van der Waals surface area contributed by atoms with E-state index in [1.54, 1.807) is 12.1 Å². The minimum absolute atomic E-state index is 0.0168. The molecule has 3 N–H and O–H groups in total. The summed E-state index contributed by atoms with van der Waals surface area (Å²) in [5.41, 5.74) is 7.50. The minimum Gasteiger partial charge on any atom is -0.504 e. The number of phenolic OH excluding ortho intramolecular Hbond substituents is 1. The summed E-state index contributed by atoms with van der Waals surface area (Å²) in [4.78, 5) is 11.8.